The number of halogens is 4. The molecule has 2 amide bonds. The van der Waals surface area contributed by atoms with Crippen molar-refractivity contribution in [2.24, 2.45) is 5.73 Å². The van der Waals surface area contributed by atoms with Crippen LogP contribution in [0.15, 0.2) is 18.2 Å². The molecule has 0 aliphatic rings. The molecule has 0 unspecified atom stereocenters. The molecule has 24 heavy (non-hydrogen) atoms. The van der Waals surface area contributed by atoms with Crippen molar-refractivity contribution >= 4 is 33.8 Å². The van der Waals surface area contributed by atoms with Crippen molar-refractivity contribution in [3.05, 3.63) is 45.6 Å². The van der Waals surface area contributed by atoms with Crippen LogP contribution in [0.25, 0.3) is 0 Å². The van der Waals surface area contributed by atoms with Crippen molar-refractivity contribution in [3.63, 3.8) is 0 Å². The Morgan fingerprint density at radius 3 is 2.38 bits per heavy atom. The van der Waals surface area contributed by atoms with Crippen molar-refractivity contribution in [2.45, 2.75) is 13.1 Å². The maximum atomic E-state index is 13.2. The highest BCUT2D eigenvalue weighted by Gasteiger charge is 2.34. The molecular formula is C14H11F4N3O2S. The average Bonchev–Trinajstić information content (AvgIpc) is 2.75. The monoisotopic (exact) mass is 361 g/mol. The van der Waals surface area contributed by atoms with Gasteiger partial charge in [-0.25, -0.2) is 4.39 Å². The van der Waals surface area contributed by atoms with Gasteiger partial charge in [0.15, 0.2) is 0 Å². The van der Waals surface area contributed by atoms with Crippen molar-refractivity contribution in [3.8, 4) is 0 Å². The summed E-state index contributed by atoms with van der Waals surface area (Å²) >= 11 is 0.778. The number of nitrogens with one attached hydrogen (secondary N) is 1. The number of anilines is 2. The van der Waals surface area contributed by atoms with E-state index in [1.165, 1.54) is 6.92 Å². The fraction of sp³-hybridized carbons (Fsp3) is 0.143. The third kappa shape index (κ3) is 3.32. The van der Waals surface area contributed by atoms with Gasteiger partial charge in [0.2, 0.25) is 0 Å². The van der Waals surface area contributed by atoms with Gasteiger partial charge in [0.1, 0.15) is 5.82 Å². The van der Waals surface area contributed by atoms with E-state index in [0.717, 1.165) is 17.4 Å². The van der Waals surface area contributed by atoms with E-state index < -0.39 is 29.4 Å². The highest BCUT2D eigenvalue weighted by Crippen LogP contribution is 2.34. The summed E-state index contributed by atoms with van der Waals surface area (Å²) in [6.45, 7) is 1.44. The minimum atomic E-state index is -4.90. The molecule has 0 fully saturated rings. The number of carbonyl (C=O) groups is 2. The fourth-order valence-corrected chi connectivity index (χ4v) is 3.04. The number of hydrogen-bond donors (Lipinski definition) is 3. The zero-order valence-corrected chi connectivity index (χ0v) is 12.9. The summed E-state index contributed by atoms with van der Waals surface area (Å²) in [4.78, 5) is 23.5. The van der Waals surface area contributed by atoms with Crippen molar-refractivity contribution in [2.75, 3.05) is 11.1 Å². The Morgan fingerprint density at radius 2 is 1.88 bits per heavy atom. The Kier molecular flexibility index (Phi) is 4.52. The van der Waals surface area contributed by atoms with Gasteiger partial charge in [-0.3, -0.25) is 9.59 Å². The number of nitrogen functional groups attached to an aromatic ring is 1. The molecule has 1 aromatic carbocycles. The standard InChI is InChI=1S/C14H11F4N3O2S/c1-5-9(11(19)22)12(20)24-10(5)13(23)21-6-2-3-8(15)7(4-6)14(16,17)18/h2-4H,20H2,1H3,(H2,19,22)(H,21,23). The maximum Gasteiger partial charge on any atom is 0.419 e. The lowest BCUT2D eigenvalue weighted by molar-refractivity contribution is -0.139. The van der Waals surface area contributed by atoms with Gasteiger partial charge in [-0.05, 0) is 30.7 Å². The molecule has 0 atom stereocenters. The van der Waals surface area contributed by atoms with Crippen LogP contribution in [0.2, 0.25) is 0 Å². The van der Waals surface area contributed by atoms with Gasteiger partial charge >= 0.3 is 6.18 Å². The molecule has 0 saturated carbocycles. The molecular weight excluding hydrogens is 350 g/mol. The number of amides is 2. The van der Waals surface area contributed by atoms with Crippen LogP contribution in [-0.2, 0) is 6.18 Å². The predicted octanol–water partition coefficient (Wildman–Crippen LogP) is 3.15. The number of carbonyl (C=O) groups excluding carboxylic acids is 2. The number of alkyl halides is 3. The van der Waals surface area contributed by atoms with E-state index in [9.17, 15) is 27.2 Å². The first-order chi connectivity index (χ1) is 11.0. The SMILES string of the molecule is Cc1c(C(=O)Nc2ccc(F)c(C(F)(F)F)c2)sc(N)c1C(N)=O. The molecule has 0 radical (unpaired) electrons. The van der Waals surface area contributed by atoms with E-state index >= 15 is 0 Å². The molecule has 0 saturated heterocycles. The lowest BCUT2D eigenvalue weighted by Crippen LogP contribution is -2.16. The van der Waals surface area contributed by atoms with Crippen molar-refractivity contribution in [1.29, 1.82) is 0 Å². The molecule has 0 aliphatic heterocycles. The van der Waals surface area contributed by atoms with Crippen LogP contribution in [0.4, 0.5) is 28.3 Å². The molecule has 128 valence electrons. The van der Waals surface area contributed by atoms with Gasteiger partial charge in [-0.15, -0.1) is 11.3 Å². The van der Waals surface area contributed by atoms with Crippen LogP contribution in [-0.4, -0.2) is 11.8 Å². The van der Waals surface area contributed by atoms with E-state index in [4.69, 9.17) is 11.5 Å². The number of benzene rings is 1. The lowest BCUT2D eigenvalue weighted by atomic mass is 10.1. The maximum absolute atomic E-state index is 13.2. The van der Waals surface area contributed by atoms with E-state index in [-0.39, 0.29) is 26.7 Å². The summed E-state index contributed by atoms with van der Waals surface area (Å²) in [6.07, 6.45) is -4.90. The number of thiophene rings is 1. The summed E-state index contributed by atoms with van der Waals surface area (Å²) in [6, 6.07) is 2.07. The molecule has 2 rings (SSSR count). The highest BCUT2D eigenvalue weighted by molar-refractivity contribution is 7.18. The minimum Gasteiger partial charge on any atom is -0.390 e. The van der Waals surface area contributed by atoms with Crippen LogP contribution >= 0.6 is 11.3 Å². The van der Waals surface area contributed by atoms with Gasteiger partial charge in [-0.1, -0.05) is 0 Å². The zero-order valence-electron chi connectivity index (χ0n) is 12.1. The minimum absolute atomic E-state index is 0.0137. The topological polar surface area (TPSA) is 98.2 Å². The number of primary amides is 1. The highest BCUT2D eigenvalue weighted by atomic mass is 32.1. The average molecular weight is 361 g/mol. The number of nitrogens with two attached hydrogens (primary N) is 2. The van der Waals surface area contributed by atoms with Crippen LogP contribution in [0, 0.1) is 12.7 Å². The molecule has 5 N–H and O–H groups in total. The Balaban J connectivity index is 2.35. The Labute approximate surface area is 137 Å². The van der Waals surface area contributed by atoms with Gasteiger partial charge in [0, 0.05) is 5.69 Å². The molecule has 1 aromatic heterocycles. The summed E-state index contributed by atoms with van der Waals surface area (Å²) in [5.74, 6) is -3.05. The second kappa shape index (κ2) is 6.11. The predicted molar refractivity (Wildman–Crippen MR) is 81.3 cm³/mol. The van der Waals surface area contributed by atoms with Gasteiger partial charge in [0.25, 0.3) is 11.8 Å². The second-order valence-corrected chi connectivity index (χ2v) is 5.86. The third-order valence-electron chi connectivity index (χ3n) is 3.16. The summed E-state index contributed by atoms with van der Waals surface area (Å²) < 4.78 is 51.3. The molecule has 1 heterocycles. The normalized spacial score (nSPS) is 11.4. The first-order valence-electron chi connectivity index (χ1n) is 6.39. The number of hydrogen-bond acceptors (Lipinski definition) is 4. The van der Waals surface area contributed by atoms with Crippen LogP contribution in [0.1, 0.15) is 31.2 Å². The van der Waals surface area contributed by atoms with Crippen LogP contribution in [0.3, 0.4) is 0 Å². The van der Waals surface area contributed by atoms with Gasteiger partial charge in [-0.2, -0.15) is 13.2 Å². The number of rotatable bonds is 3. The summed E-state index contributed by atoms with van der Waals surface area (Å²) in [5, 5.41) is 2.24. The fourth-order valence-electron chi connectivity index (χ4n) is 2.07. The first-order valence-corrected chi connectivity index (χ1v) is 7.20. The van der Waals surface area contributed by atoms with E-state index in [1.807, 2.05) is 0 Å². The molecule has 0 aliphatic carbocycles. The van der Waals surface area contributed by atoms with Crippen molar-refractivity contribution in [1.82, 2.24) is 0 Å². The summed E-state index contributed by atoms with van der Waals surface area (Å²) in [5.41, 5.74) is 9.23. The Hall–Kier alpha value is -2.62. The zero-order chi connectivity index (χ0) is 18.2. The molecule has 10 heteroatoms. The Bertz CT molecular complexity index is 830. The van der Waals surface area contributed by atoms with Crippen molar-refractivity contribution < 1.29 is 27.2 Å². The van der Waals surface area contributed by atoms with E-state index in [0.29, 0.717) is 12.1 Å². The molecule has 0 spiro atoms. The van der Waals surface area contributed by atoms with Gasteiger partial charge < -0.3 is 16.8 Å². The second-order valence-electron chi connectivity index (χ2n) is 4.81. The van der Waals surface area contributed by atoms with Crippen LogP contribution in [0.5, 0.6) is 0 Å². The molecule has 0 bridgehead atoms. The largest absolute Gasteiger partial charge is 0.419 e. The summed E-state index contributed by atoms with van der Waals surface area (Å²) in [7, 11) is 0. The van der Waals surface area contributed by atoms with Crippen LogP contribution < -0.4 is 16.8 Å². The smallest absolute Gasteiger partial charge is 0.390 e. The quantitative estimate of drug-likeness (QED) is 0.733. The third-order valence-corrected chi connectivity index (χ3v) is 4.28. The Morgan fingerprint density at radius 1 is 1.25 bits per heavy atom. The van der Waals surface area contributed by atoms with E-state index in [1.54, 1.807) is 0 Å². The first kappa shape index (κ1) is 17.7. The molecule has 5 nitrogen and oxygen atoms in total. The van der Waals surface area contributed by atoms with E-state index in [2.05, 4.69) is 5.32 Å². The van der Waals surface area contributed by atoms with Gasteiger partial charge in [0.05, 0.1) is 21.0 Å². The lowest BCUT2D eigenvalue weighted by Gasteiger charge is -2.11. The molecule has 2 aromatic rings.